The molecule has 226 valence electrons. The molecule has 1 amide bonds. The number of hydrogen-bond acceptors (Lipinski definition) is 9. The number of unbranched alkanes of at least 4 members (excludes halogenated alkanes) is 2. The second-order valence-corrected chi connectivity index (χ2v) is 10.9. The molecule has 2 aliphatic heterocycles. The Bertz CT molecular complexity index is 721. The molecule has 0 atom stereocenters. The number of likely N-dealkylation sites (N-methyl/N-ethyl adjacent to an activating group) is 1. The van der Waals surface area contributed by atoms with E-state index in [-0.39, 0.29) is 19.0 Å². The number of carboxylic acid groups (broad SMARTS) is 2. The predicted octanol–water partition coefficient (Wildman–Crippen LogP) is -0.285. The molecule has 12 nitrogen and oxygen atoms in total. The summed E-state index contributed by atoms with van der Waals surface area (Å²) in [6.45, 7) is 14.5. The van der Waals surface area contributed by atoms with Gasteiger partial charge in [0.25, 0.3) is 0 Å². The Hall–Kier alpha value is -1.83. The van der Waals surface area contributed by atoms with Crippen LogP contribution in [0.5, 0.6) is 0 Å². The van der Waals surface area contributed by atoms with Crippen molar-refractivity contribution in [2.75, 3.05) is 105 Å². The molecule has 2 heterocycles. The molecule has 0 aromatic rings. The maximum Gasteiger partial charge on any atom is 0.317 e. The van der Waals surface area contributed by atoms with Crippen LogP contribution in [0.4, 0.5) is 0 Å². The van der Waals surface area contributed by atoms with Gasteiger partial charge in [-0.25, -0.2) is 0 Å². The molecular formula is C27H53N7O5. The number of nitrogens with zero attached hydrogens (tertiary/aromatic N) is 5. The van der Waals surface area contributed by atoms with Crippen molar-refractivity contribution in [3.8, 4) is 0 Å². The third kappa shape index (κ3) is 14.9. The molecule has 2 saturated heterocycles. The lowest BCUT2D eigenvalue weighted by atomic mass is 10.1. The molecule has 39 heavy (non-hydrogen) atoms. The van der Waals surface area contributed by atoms with Crippen LogP contribution in [-0.4, -0.2) is 163 Å². The van der Waals surface area contributed by atoms with Crippen LogP contribution in [0.2, 0.25) is 0 Å². The smallest absolute Gasteiger partial charge is 0.317 e. The van der Waals surface area contributed by atoms with Crippen molar-refractivity contribution in [1.82, 2.24) is 35.1 Å². The molecule has 2 aliphatic rings. The van der Waals surface area contributed by atoms with Crippen LogP contribution in [0, 0.1) is 0 Å². The van der Waals surface area contributed by atoms with Crippen molar-refractivity contribution in [1.29, 1.82) is 0 Å². The summed E-state index contributed by atoms with van der Waals surface area (Å²) < 4.78 is 0. The lowest BCUT2D eigenvalue weighted by molar-refractivity contribution is -0.140. The number of carbonyl (C=O) groups is 3. The summed E-state index contributed by atoms with van der Waals surface area (Å²) in [7, 11) is 0. The number of piperidine rings is 1. The fourth-order valence-corrected chi connectivity index (χ4v) is 5.17. The first kappa shape index (κ1) is 33.4. The summed E-state index contributed by atoms with van der Waals surface area (Å²) in [6.07, 6.45) is 5.34. The van der Waals surface area contributed by atoms with Crippen molar-refractivity contribution < 1.29 is 24.6 Å². The van der Waals surface area contributed by atoms with Gasteiger partial charge in [0, 0.05) is 84.7 Å². The van der Waals surface area contributed by atoms with Crippen LogP contribution in [0.25, 0.3) is 0 Å². The van der Waals surface area contributed by atoms with Gasteiger partial charge in [0.05, 0.1) is 19.6 Å². The number of likely N-dealkylation sites (tertiary alicyclic amines) is 1. The molecular weight excluding hydrogens is 502 g/mol. The van der Waals surface area contributed by atoms with Crippen molar-refractivity contribution in [3.63, 3.8) is 0 Å². The third-order valence-corrected chi connectivity index (χ3v) is 7.76. The summed E-state index contributed by atoms with van der Waals surface area (Å²) in [4.78, 5) is 45.8. The number of aliphatic carboxylic acids is 2. The van der Waals surface area contributed by atoms with E-state index in [9.17, 15) is 24.6 Å². The molecule has 0 spiro atoms. The van der Waals surface area contributed by atoms with E-state index in [1.54, 1.807) is 0 Å². The highest BCUT2D eigenvalue weighted by Crippen LogP contribution is 2.10. The van der Waals surface area contributed by atoms with Crippen LogP contribution in [-0.2, 0) is 14.4 Å². The maximum absolute atomic E-state index is 12.2. The molecule has 0 radical (unpaired) electrons. The zero-order valence-corrected chi connectivity index (χ0v) is 24.3. The molecule has 12 heteroatoms. The van der Waals surface area contributed by atoms with E-state index < -0.39 is 11.9 Å². The Morgan fingerprint density at radius 2 is 1.15 bits per heavy atom. The number of rotatable bonds is 14. The van der Waals surface area contributed by atoms with E-state index in [2.05, 4.69) is 39.2 Å². The van der Waals surface area contributed by atoms with Gasteiger partial charge < -0.3 is 25.7 Å². The van der Waals surface area contributed by atoms with Gasteiger partial charge >= 0.3 is 11.9 Å². The predicted molar refractivity (Wildman–Crippen MR) is 152 cm³/mol. The number of amides is 1. The maximum atomic E-state index is 12.2. The standard InChI is InChI=1S/C27H53N7O5/c1-3-5-6-9-28-25(35)20-31-10-7-24(8-11-31)29-23-34-18-13-30(4-2)12-14-32(21-26(36)37)15-16-33(17-19-34)22-27(38)39/h24,29H,3-23H2,1-2H3,(H,28,35)(H,36,37)(H,38,39). The Morgan fingerprint density at radius 3 is 1.64 bits per heavy atom. The molecule has 2 rings (SSSR count). The fraction of sp³-hybridized carbons (Fsp3) is 0.889. The van der Waals surface area contributed by atoms with Gasteiger partial charge in [0.15, 0.2) is 0 Å². The summed E-state index contributed by atoms with van der Waals surface area (Å²) in [5, 5.41) is 25.4. The minimum atomic E-state index is -0.866. The highest BCUT2D eigenvalue weighted by Gasteiger charge is 2.22. The van der Waals surface area contributed by atoms with Crippen molar-refractivity contribution in [2.45, 2.75) is 52.0 Å². The number of carboxylic acids is 2. The van der Waals surface area contributed by atoms with E-state index in [0.29, 0.717) is 38.8 Å². The Balaban J connectivity index is 1.83. The Kier molecular flexibility index (Phi) is 16.5. The second kappa shape index (κ2) is 19.3. The topological polar surface area (TPSA) is 132 Å². The highest BCUT2D eigenvalue weighted by atomic mass is 16.4. The first-order chi connectivity index (χ1) is 18.8. The van der Waals surface area contributed by atoms with Crippen LogP contribution >= 0.6 is 0 Å². The lowest BCUT2D eigenvalue weighted by Gasteiger charge is -2.35. The summed E-state index contributed by atoms with van der Waals surface area (Å²) in [5.74, 6) is -1.60. The molecule has 0 bridgehead atoms. The van der Waals surface area contributed by atoms with E-state index in [1.165, 1.54) is 0 Å². The Morgan fingerprint density at radius 1 is 0.667 bits per heavy atom. The molecule has 0 unspecified atom stereocenters. The molecule has 2 fully saturated rings. The average molecular weight is 556 g/mol. The third-order valence-electron chi connectivity index (χ3n) is 7.76. The first-order valence-electron chi connectivity index (χ1n) is 14.8. The average Bonchev–Trinajstić information content (AvgIpc) is 2.89. The van der Waals surface area contributed by atoms with E-state index >= 15 is 0 Å². The van der Waals surface area contributed by atoms with Crippen LogP contribution in [0.3, 0.4) is 0 Å². The summed E-state index contributed by atoms with van der Waals surface area (Å²) in [5.41, 5.74) is 0. The molecule has 4 N–H and O–H groups in total. The summed E-state index contributed by atoms with van der Waals surface area (Å²) >= 11 is 0. The zero-order valence-electron chi connectivity index (χ0n) is 24.3. The van der Waals surface area contributed by atoms with Crippen LogP contribution in [0.1, 0.15) is 46.0 Å². The Labute approximate surface area is 234 Å². The number of carbonyl (C=O) groups excluding carboxylic acids is 1. The fourth-order valence-electron chi connectivity index (χ4n) is 5.17. The SMILES string of the molecule is CCCCCNC(=O)CN1CCC(NCN2CCN(CC)CCN(CC(=O)O)CCN(CC(=O)O)CC2)CC1. The highest BCUT2D eigenvalue weighted by molar-refractivity contribution is 5.78. The van der Waals surface area contributed by atoms with Gasteiger partial charge in [-0.05, 0) is 25.8 Å². The molecule has 0 aromatic carbocycles. The van der Waals surface area contributed by atoms with E-state index in [0.717, 1.165) is 91.1 Å². The van der Waals surface area contributed by atoms with Gasteiger partial charge in [-0.2, -0.15) is 0 Å². The van der Waals surface area contributed by atoms with Crippen molar-refractivity contribution >= 4 is 17.8 Å². The number of hydrogen-bond donors (Lipinski definition) is 4. The summed E-state index contributed by atoms with van der Waals surface area (Å²) in [6, 6.07) is 0.400. The minimum Gasteiger partial charge on any atom is -0.480 e. The zero-order chi connectivity index (χ0) is 28.5. The van der Waals surface area contributed by atoms with Gasteiger partial charge in [0.1, 0.15) is 0 Å². The monoisotopic (exact) mass is 555 g/mol. The lowest BCUT2D eigenvalue weighted by Crippen LogP contribution is -2.51. The van der Waals surface area contributed by atoms with Crippen LogP contribution in [0.15, 0.2) is 0 Å². The molecule has 0 aromatic heterocycles. The number of nitrogens with one attached hydrogen (secondary N) is 2. The van der Waals surface area contributed by atoms with Gasteiger partial charge in [-0.15, -0.1) is 0 Å². The van der Waals surface area contributed by atoms with E-state index in [1.807, 2.05) is 9.80 Å². The normalized spacial score (nSPS) is 20.8. The van der Waals surface area contributed by atoms with Crippen molar-refractivity contribution in [2.24, 2.45) is 0 Å². The largest absolute Gasteiger partial charge is 0.480 e. The second-order valence-electron chi connectivity index (χ2n) is 10.9. The first-order valence-corrected chi connectivity index (χ1v) is 14.8. The van der Waals surface area contributed by atoms with Gasteiger partial charge in [-0.1, -0.05) is 26.7 Å². The van der Waals surface area contributed by atoms with E-state index in [4.69, 9.17) is 0 Å². The van der Waals surface area contributed by atoms with Gasteiger partial charge in [-0.3, -0.25) is 34.0 Å². The van der Waals surface area contributed by atoms with Crippen LogP contribution < -0.4 is 10.6 Å². The molecule has 0 aliphatic carbocycles. The molecule has 0 saturated carbocycles. The minimum absolute atomic E-state index is 0.0308. The quantitative estimate of drug-likeness (QED) is 0.211. The van der Waals surface area contributed by atoms with Gasteiger partial charge in [0.2, 0.25) is 5.91 Å². The van der Waals surface area contributed by atoms with Crippen molar-refractivity contribution in [3.05, 3.63) is 0 Å².